The van der Waals surface area contributed by atoms with Gasteiger partial charge in [-0.1, -0.05) is 54.1 Å². The smallest absolute Gasteiger partial charge is 0.308 e. The molecule has 0 bridgehead atoms. The average molecular weight is 390 g/mol. The molecular formula is C22H22N4O3. The quantitative estimate of drug-likeness (QED) is 0.697. The molecule has 29 heavy (non-hydrogen) atoms. The summed E-state index contributed by atoms with van der Waals surface area (Å²) in [6, 6.07) is 17.6. The van der Waals surface area contributed by atoms with E-state index in [0.29, 0.717) is 18.5 Å². The summed E-state index contributed by atoms with van der Waals surface area (Å²) >= 11 is 0. The second-order valence-electron chi connectivity index (χ2n) is 7.30. The van der Waals surface area contributed by atoms with Gasteiger partial charge in [0.15, 0.2) is 5.69 Å². The molecule has 148 valence electrons. The maximum atomic E-state index is 12.7. The lowest BCUT2D eigenvalue weighted by Crippen LogP contribution is -2.40. The van der Waals surface area contributed by atoms with Crippen molar-refractivity contribution in [2.45, 2.75) is 32.2 Å². The van der Waals surface area contributed by atoms with Gasteiger partial charge < -0.3 is 10.4 Å². The molecule has 1 aliphatic carbocycles. The van der Waals surface area contributed by atoms with Gasteiger partial charge in [0.05, 0.1) is 17.3 Å². The molecule has 1 fully saturated rings. The fourth-order valence-electron chi connectivity index (χ4n) is 3.88. The van der Waals surface area contributed by atoms with E-state index in [9.17, 15) is 14.7 Å². The van der Waals surface area contributed by atoms with E-state index in [2.05, 4.69) is 15.6 Å². The molecule has 1 heterocycles. The first-order chi connectivity index (χ1) is 14.0. The second-order valence-corrected chi connectivity index (χ2v) is 7.30. The molecule has 2 aromatic carbocycles. The maximum absolute atomic E-state index is 12.7. The van der Waals surface area contributed by atoms with Gasteiger partial charge >= 0.3 is 5.97 Å². The van der Waals surface area contributed by atoms with E-state index >= 15 is 0 Å². The molecule has 0 saturated heterocycles. The van der Waals surface area contributed by atoms with Crippen molar-refractivity contribution in [1.82, 2.24) is 20.3 Å². The standard InChI is InChI=1S/C22H22N4O3/c1-14-20(21(27)23-19-9-5-8-18(19)22(28)29)24-25-26(14)17-12-10-16(11-13-17)15-6-3-2-4-7-15/h2-4,6-7,10-13,18-19H,5,8-9H2,1H3,(H,23,27)(H,28,29)/t18-,19+/m0/s1. The molecule has 2 N–H and O–H groups in total. The van der Waals surface area contributed by atoms with Crippen LogP contribution in [0.25, 0.3) is 16.8 Å². The van der Waals surface area contributed by atoms with Gasteiger partial charge in [-0.05, 0) is 43.0 Å². The Bertz CT molecular complexity index is 1030. The summed E-state index contributed by atoms with van der Waals surface area (Å²) in [5, 5.41) is 20.3. The Hall–Kier alpha value is -3.48. The highest BCUT2D eigenvalue weighted by Gasteiger charge is 2.34. The van der Waals surface area contributed by atoms with Gasteiger partial charge in [-0.3, -0.25) is 9.59 Å². The third-order valence-electron chi connectivity index (χ3n) is 5.48. The van der Waals surface area contributed by atoms with Crippen molar-refractivity contribution in [3.05, 3.63) is 66.0 Å². The number of carboxylic acids is 1. The summed E-state index contributed by atoms with van der Waals surface area (Å²) in [4.78, 5) is 24.0. The van der Waals surface area contributed by atoms with E-state index < -0.39 is 11.9 Å². The van der Waals surface area contributed by atoms with Crippen molar-refractivity contribution in [1.29, 1.82) is 0 Å². The minimum absolute atomic E-state index is 0.216. The van der Waals surface area contributed by atoms with Crippen LogP contribution in [0.4, 0.5) is 0 Å². The fourth-order valence-corrected chi connectivity index (χ4v) is 3.88. The number of amides is 1. The van der Waals surface area contributed by atoms with E-state index in [1.165, 1.54) is 0 Å². The number of carbonyl (C=O) groups excluding carboxylic acids is 1. The molecular weight excluding hydrogens is 368 g/mol. The first-order valence-corrected chi connectivity index (χ1v) is 9.66. The lowest BCUT2D eigenvalue weighted by Gasteiger charge is -2.16. The molecule has 1 amide bonds. The SMILES string of the molecule is Cc1c(C(=O)N[C@@H]2CCC[C@@H]2C(=O)O)nnn1-c1ccc(-c2ccccc2)cc1. The van der Waals surface area contributed by atoms with Crippen molar-refractivity contribution in [2.24, 2.45) is 5.92 Å². The number of hydrogen-bond acceptors (Lipinski definition) is 4. The van der Waals surface area contributed by atoms with Crippen LogP contribution in [0.15, 0.2) is 54.6 Å². The Balaban J connectivity index is 1.52. The Morgan fingerprint density at radius 3 is 2.41 bits per heavy atom. The predicted octanol–water partition coefficient (Wildman–Crippen LogP) is 3.23. The van der Waals surface area contributed by atoms with Crippen molar-refractivity contribution >= 4 is 11.9 Å². The first-order valence-electron chi connectivity index (χ1n) is 9.66. The molecule has 0 aliphatic heterocycles. The third kappa shape index (κ3) is 3.76. The maximum Gasteiger partial charge on any atom is 0.308 e. The second kappa shape index (κ2) is 7.87. The van der Waals surface area contributed by atoms with Crippen molar-refractivity contribution in [2.75, 3.05) is 0 Å². The van der Waals surface area contributed by atoms with Crippen LogP contribution in [-0.4, -0.2) is 38.0 Å². The van der Waals surface area contributed by atoms with Crippen LogP contribution in [0.1, 0.15) is 35.4 Å². The summed E-state index contributed by atoms with van der Waals surface area (Å²) in [5.41, 5.74) is 3.84. The fraction of sp³-hybridized carbons (Fsp3) is 0.273. The monoisotopic (exact) mass is 390 g/mol. The Labute approximate surface area is 168 Å². The van der Waals surface area contributed by atoms with E-state index in [1.54, 1.807) is 11.6 Å². The topological polar surface area (TPSA) is 97.1 Å². The average Bonchev–Trinajstić information content (AvgIpc) is 3.35. The Morgan fingerprint density at radius 2 is 1.72 bits per heavy atom. The van der Waals surface area contributed by atoms with Crippen LogP contribution in [-0.2, 0) is 4.79 Å². The number of aliphatic carboxylic acids is 1. The molecule has 2 atom stereocenters. The summed E-state index contributed by atoms with van der Waals surface area (Å²) < 4.78 is 1.62. The third-order valence-corrected chi connectivity index (χ3v) is 5.48. The molecule has 1 saturated carbocycles. The number of aromatic nitrogens is 3. The van der Waals surface area contributed by atoms with Gasteiger partial charge in [-0.25, -0.2) is 4.68 Å². The number of nitrogens with one attached hydrogen (secondary N) is 1. The molecule has 7 heteroatoms. The molecule has 0 unspecified atom stereocenters. The van der Waals surface area contributed by atoms with Crippen molar-refractivity contribution in [3.8, 4) is 16.8 Å². The van der Waals surface area contributed by atoms with Crippen LogP contribution in [0.5, 0.6) is 0 Å². The Morgan fingerprint density at radius 1 is 1.03 bits per heavy atom. The lowest BCUT2D eigenvalue weighted by molar-refractivity contribution is -0.142. The minimum atomic E-state index is -0.869. The molecule has 3 aromatic rings. The predicted molar refractivity (Wildman–Crippen MR) is 108 cm³/mol. The van der Waals surface area contributed by atoms with Crippen LogP contribution < -0.4 is 5.32 Å². The first kappa shape index (κ1) is 18.9. The van der Waals surface area contributed by atoms with Crippen molar-refractivity contribution in [3.63, 3.8) is 0 Å². The zero-order valence-corrected chi connectivity index (χ0v) is 16.1. The zero-order chi connectivity index (χ0) is 20.4. The number of hydrogen-bond donors (Lipinski definition) is 2. The van der Waals surface area contributed by atoms with Gasteiger partial charge in [0, 0.05) is 6.04 Å². The molecule has 7 nitrogen and oxygen atoms in total. The minimum Gasteiger partial charge on any atom is -0.481 e. The molecule has 0 spiro atoms. The number of carbonyl (C=O) groups is 2. The van der Waals surface area contributed by atoms with E-state index in [1.807, 2.05) is 54.6 Å². The highest BCUT2D eigenvalue weighted by atomic mass is 16.4. The van der Waals surface area contributed by atoms with Gasteiger partial charge in [0.1, 0.15) is 0 Å². The highest BCUT2D eigenvalue weighted by Crippen LogP contribution is 2.26. The van der Waals surface area contributed by atoms with Crippen LogP contribution in [0, 0.1) is 12.8 Å². The lowest BCUT2D eigenvalue weighted by atomic mass is 10.0. The summed E-state index contributed by atoms with van der Waals surface area (Å²) in [6.07, 6.45) is 2.04. The van der Waals surface area contributed by atoms with E-state index in [0.717, 1.165) is 23.2 Å². The van der Waals surface area contributed by atoms with E-state index in [4.69, 9.17) is 0 Å². The number of benzene rings is 2. The summed E-state index contributed by atoms with van der Waals surface area (Å²) in [7, 11) is 0. The molecule has 1 aliphatic rings. The summed E-state index contributed by atoms with van der Waals surface area (Å²) in [5.74, 6) is -1.79. The normalized spacial score (nSPS) is 18.5. The van der Waals surface area contributed by atoms with Crippen LogP contribution in [0.2, 0.25) is 0 Å². The summed E-state index contributed by atoms with van der Waals surface area (Å²) in [6.45, 7) is 1.78. The molecule has 4 rings (SSSR count). The largest absolute Gasteiger partial charge is 0.481 e. The van der Waals surface area contributed by atoms with Crippen LogP contribution in [0.3, 0.4) is 0 Å². The molecule has 1 aromatic heterocycles. The highest BCUT2D eigenvalue weighted by molar-refractivity contribution is 5.94. The van der Waals surface area contributed by atoms with Crippen molar-refractivity contribution < 1.29 is 14.7 Å². The number of carboxylic acid groups (broad SMARTS) is 1. The van der Waals surface area contributed by atoms with Crippen LogP contribution >= 0.6 is 0 Å². The van der Waals surface area contributed by atoms with Gasteiger partial charge in [0.25, 0.3) is 5.91 Å². The number of nitrogens with zero attached hydrogens (tertiary/aromatic N) is 3. The van der Waals surface area contributed by atoms with E-state index in [-0.39, 0.29) is 17.6 Å². The zero-order valence-electron chi connectivity index (χ0n) is 16.1. The molecule has 0 radical (unpaired) electrons. The Kier molecular flexibility index (Phi) is 5.12. The van der Waals surface area contributed by atoms with Gasteiger partial charge in [-0.2, -0.15) is 0 Å². The van der Waals surface area contributed by atoms with Gasteiger partial charge in [-0.15, -0.1) is 5.10 Å². The van der Waals surface area contributed by atoms with Gasteiger partial charge in [0.2, 0.25) is 0 Å². The number of rotatable bonds is 5.